The predicted octanol–water partition coefficient (Wildman–Crippen LogP) is 5.17. The van der Waals surface area contributed by atoms with Crippen molar-refractivity contribution in [1.29, 1.82) is 0 Å². The van der Waals surface area contributed by atoms with Crippen LogP contribution in [0.1, 0.15) is 28.7 Å². The minimum Gasteiger partial charge on any atom is -0.489 e. The van der Waals surface area contributed by atoms with Crippen molar-refractivity contribution in [2.45, 2.75) is 37.8 Å². The second kappa shape index (κ2) is 12.9. The van der Waals surface area contributed by atoms with Crippen LogP contribution in [-0.2, 0) is 34.9 Å². The van der Waals surface area contributed by atoms with Gasteiger partial charge in [-0.15, -0.1) is 0 Å². The molecule has 3 aromatic rings. The first-order valence-corrected chi connectivity index (χ1v) is 12.2. The van der Waals surface area contributed by atoms with E-state index in [1.165, 1.54) is 12.1 Å². The molecular formula is C26H29F3NO5P. The number of nitrogens with two attached hydrogens (primary N) is 1. The molecule has 0 aliphatic heterocycles. The summed E-state index contributed by atoms with van der Waals surface area (Å²) < 4.78 is 68.1. The van der Waals surface area contributed by atoms with Gasteiger partial charge in [-0.2, -0.15) is 13.2 Å². The van der Waals surface area contributed by atoms with Crippen molar-refractivity contribution in [3.05, 3.63) is 95.1 Å². The molecule has 0 fully saturated rings. The van der Waals surface area contributed by atoms with Crippen molar-refractivity contribution in [3.8, 4) is 11.5 Å². The molecule has 0 bridgehead atoms. The Hall–Kier alpha value is -2.84. The molecule has 0 saturated heterocycles. The van der Waals surface area contributed by atoms with E-state index in [1.54, 1.807) is 24.3 Å². The fraction of sp³-hybridized carbons (Fsp3) is 0.308. The largest absolute Gasteiger partial charge is 0.489 e. The number of hydrogen-bond donors (Lipinski definition) is 2. The summed E-state index contributed by atoms with van der Waals surface area (Å²) in [6.07, 6.45) is -4.31. The number of aryl methyl sites for hydroxylation is 1. The number of alkyl halides is 3. The van der Waals surface area contributed by atoms with Gasteiger partial charge in [0.2, 0.25) is 0 Å². The van der Waals surface area contributed by atoms with Crippen molar-refractivity contribution in [2.75, 3.05) is 13.2 Å². The Labute approximate surface area is 209 Å². The van der Waals surface area contributed by atoms with E-state index in [9.17, 15) is 22.8 Å². The smallest absolute Gasteiger partial charge is 0.419 e. The average molecular weight is 523 g/mol. The van der Waals surface area contributed by atoms with Gasteiger partial charge < -0.3 is 24.8 Å². The van der Waals surface area contributed by atoms with Crippen molar-refractivity contribution in [1.82, 2.24) is 0 Å². The SMILES string of the molecule is NC(CO)(CCc1ccc(OCc2cccc(OCc3ccccc3)c2)c(C(F)(F)F)c1)CO[PH2]=O. The van der Waals surface area contributed by atoms with Gasteiger partial charge in [0.1, 0.15) is 24.7 Å². The van der Waals surface area contributed by atoms with Gasteiger partial charge in [-0.05, 0) is 53.8 Å². The van der Waals surface area contributed by atoms with E-state index in [0.29, 0.717) is 23.5 Å². The summed E-state index contributed by atoms with van der Waals surface area (Å²) in [5.41, 5.74) is 5.95. The molecule has 2 unspecified atom stereocenters. The van der Waals surface area contributed by atoms with Gasteiger partial charge in [0.25, 0.3) is 0 Å². The normalized spacial score (nSPS) is 13.6. The molecule has 0 amide bonds. The predicted molar refractivity (Wildman–Crippen MR) is 132 cm³/mol. The van der Waals surface area contributed by atoms with Crippen LogP contribution in [0.3, 0.4) is 0 Å². The lowest BCUT2D eigenvalue weighted by Gasteiger charge is -2.26. The summed E-state index contributed by atoms with van der Waals surface area (Å²) in [6.45, 7) is -0.302. The molecule has 0 spiro atoms. The second-order valence-electron chi connectivity index (χ2n) is 8.47. The molecule has 3 N–H and O–H groups in total. The van der Waals surface area contributed by atoms with Crippen LogP contribution >= 0.6 is 8.69 Å². The van der Waals surface area contributed by atoms with Gasteiger partial charge in [-0.25, -0.2) is 0 Å². The third-order valence-electron chi connectivity index (χ3n) is 5.56. The zero-order valence-corrected chi connectivity index (χ0v) is 20.7. The first kappa shape index (κ1) is 27.7. The van der Waals surface area contributed by atoms with E-state index in [-0.39, 0.29) is 31.8 Å². The zero-order valence-electron chi connectivity index (χ0n) is 19.5. The topological polar surface area (TPSA) is 91.0 Å². The second-order valence-corrected chi connectivity index (χ2v) is 8.99. The third kappa shape index (κ3) is 8.38. The maximum atomic E-state index is 13.8. The molecule has 0 aliphatic carbocycles. The molecule has 3 rings (SSSR count). The van der Waals surface area contributed by atoms with Crippen molar-refractivity contribution in [3.63, 3.8) is 0 Å². The molecule has 0 radical (unpaired) electrons. The minimum atomic E-state index is -4.63. The molecule has 0 aliphatic rings. The fourth-order valence-electron chi connectivity index (χ4n) is 3.50. The van der Waals surface area contributed by atoms with Crippen LogP contribution in [0.4, 0.5) is 13.2 Å². The number of aliphatic hydroxyl groups is 1. The van der Waals surface area contributed by atoms with Gasteiger partial charge in [0, 0.05) is 0 Å². The van der Waals surface area contributed by atoms with Gasteiger partial charge in [-0.3, -0.25) is 4.57 Å². The van der Waals surface area contributed by atoms with Crippen molar-refractivity contribution < 1.29 is 36.8 Å². The van der Waals surface area contributed by atoms with Gasteiger partial charge in [0.15, 0.2) is 8.69 Å². The van der Waals surface area contributed by atoms with Crippen LogP contribution in [-0.4, -0.2) is 23.9 Å². The van der Waals surface area contributed by atoms with Crippen LogP contribution < -0.4 is 15.2 Å². The molecule has 3 aromatic carbocycles. The Morgan fingerprint density at radius 2 is 1.58 bits per heavy atom. The molecule has 6 nitrogen and oxygen atoms in total. The van der Waals surface area contributed by atoms with Crippen LogP contribution in [0.5, 0.6) is 11.5 Å². The minimum absolute atomic E-state index is 0.0732. The van der Waals surface area contributed by atoms with Crippen molar-refractivity contribution in [2.24, 2.45) is 5.73 Å². The monoisotopic (exact) mass is 523 g/mol. The first-order valence-electron chi connectivity index (χ1n) is 11.3. The summed E-state index contributed by atoms with van der Waals surface area (Å²) in [6, 6.07) is 20.5. The molecule has 0 heterocycles. The Bertz CT molecular complexity index is 1130. The van der Waals surface area contributed by atoms with E-state index in [0.717, 1.165) is 11.6 Å². The van der Waals surface area contributed by atoms with Crippen LogP contribution in [0.25, 0.3) is 0 Å². The maximum absolute atomic E-state index is 13.8. The molecule has 0 saturated carbocycles. The Morgan fingerprint density at radius 1 is 0.861 bits per heavy atom. The maximum Gasteiger partial charge on any atom is 0.419 e. The molecule has 2 atom stereocenters. The van der Waals surface area contributed by atoms with Crippen molar-refractivity contribution >= 4 is 8.69 Å². The molecular weight excluding hydrogens is 494 g/mol. The van der Waals surface area contributed by atoms with E-state index in [4.69, 9.17) is 19.7 Å². The summed E-state index contributed by atoms with van der Waals surface area (Å²) >= 11 is 0. The highest BCUT2D eigenvalue weighted by Crippen LogP contribution is 2.37. The number of rotatable bonds is 13. The van der Waals surface area contributed by atoms with E-state index >= 15 is 0 Å². The summed E-state index contributed by atoms with van der Waals surface area (Å²) in [5, 5.41) is 9.50. The standard InChI is InChI=1S/C26H29F3NO5P/c27-26(28,29)23-14-19(11-12-25(30,17-31)18-35-36-32)9-10-24(23)34-16-21-7-4-8-22(13-21)33-15-20-5-2-1-3-6-20/h1-10,13-14,31H,11-12,15-18,30,36H2. The van der Waals surface area contributed by atoms with E-state index < -0.39 is 32.6 Å². The third-order valence-corrected chi connectivity index (χ3v) is 5.86. The highest BCUT2D eigenvalue weighted by Gasteiger charge is 2.35. The Morgan fingerprint density at radius 3 is 2.28 bits per heavy atom. The lowest BCUT2D eigenvalue weighted by Crippen LogP contribution is -2.47. The summed E-state index contributed by atoms with van der Waals surface area (Å²) in [4.78, 5) is 0. The number of benzene rings is 3. The van der Waals surface area contributed by atoms with Crippen LogP contribution in [0.15, 0.2) is 72.8 Å². The fourth-order valence-corrected chi connectivity index (χ4v) is 3.90. The van der Waals surface area contributed by atoms with E-state index in [2.05, 4.69) is 0 Å². The molecule has 0 aromatic heterocycles. The molecule has 36 heavy (non-hydrogen) atoms. The molecule has 194 valence electrons. The zero-order chi connectivity index (χ0) is 26.0. The van der Waals surface area contributed by atoms with Gasteiger partial charge in [0.05, 0.1) is 24.3 Å². The average Bonchev–Trinajstić information content (AvgIpc) is 2.89. The summed E-state index contributed by atoms with van der Waals surface area (Å²) in [7, 11) is -1.49. The highest BCUT2D eigenvalue weighted by atomic mass is 31.1. The number of ether oxygens (including phenoxy) is 2. The number of halogens is 3. The Balaban J connectivity index is 1.67. The lowest BCUT2D eigenvalue weighted by molar-refractivity contribution is -0.139. The Kier molecular flexibility index (Phi) is 9.96. The van der Waals surface area contributed by atoms with Gasteiger partial charge in [-0.1, -0.05) is 48.5 Å². The molecule has 10 heteroatoms. The van der Waals surface area contributed by atoms with Gasteiger partial charge >= 0.3 is 6.18 Å². The van der Waals surface area contributed by atoms with Crippen LogP contribution in [0.2, 0.25) is 0 Å². The van der Waals surface area contributed by atoms with E-state index in [1.807, 2.05) is 30.3 Å². The highest BCUT2D eigenvalue weighted by molar-refractivity contribution is 7.17. The first-order chi connectivity index (χ1) is 17.2. The van der Waals surface area contributed by atoms with Crippen LogP contribution in [0, 0.1) is 0 Å². The summed E-state index contributed by atoms with van der Waals surface area (Å²) in [5.74, 6) is 0.296. The number of aliphatic hydroxyl groups excluding tert-OH is 1. The lowest BCUT2D eigenvalue weighted by atomic mass is 9.93. The quantitative estimate of drug-likeness (QED) is 0.300. The number of hydrogen-bond acceptors (Lipinski definition) is 6.